The van der Waals surface area contributed by atoms with Crippen LogP contribution in [0.15, 0.2) is 18.2 Å². The molecule has 1 aromatic carbocycles. The van der Waals surface area contributed by atoms with Crippen LogP contribution < -0.4 is 9.64 Å². The number of hydrogen-bond donors (Lipinski definition) is 1. The first-order valence-corrected chi connectivity index (χ1v) is 10.5. The number of anilines is 1. The summed E-state index contributed by atoms with van der Waals surface area (Å²) in [4.78, 5) is 29.0. The molecule has 7 nitrogen and oxygen atoms in total. The van der Waals surface area contributed by atoms with Gasteiger partial charge >= 0.3 is 5.97 Å². The highest BCUT2D eigenvalue weighted by Crippen LogP contribution is 2.66. The molecule has 1 unspecified atom stereocenters. The first kappa shape index (κ1) is 18.9. The van der Waals surface area contributed by atoms with Gasteiger partial charge in [-0.2, -0.15) is 0 Å². The smallest absolute Gasteiger partial charge is 0.335 e. The molecule has 1 N–H and O–H groups in total. The molecule has 3 aliphatic heterocycles. The molecule has 1 amide bonds. The summed E-state index contributed by atoms with van der Waals surface area (Å²) in [5.41, 5.74) is 1.10. The Balaban J connectivity index is 1.73. The predicted octanol–water partition coefficient (Wildman–Crippen LogP) is 1.46. The van der Waals surface area contributed by atoms with Crippen molar-refractivity contribution in [3.05, 3.63) is 23.8 Å². The third-order valence-electron chi connectivity index (χ3n) is 8.17. The Bertz CT molecular complexity index is 860. The molecule has 2 saturated heterocycles. The average Bonchev–Trinajstić information content (AvgIpc) is 3.29. The number of fused-ring (bicyclic) bond motifs is 1. The lowest BCUT2D eigenvalue weighted by molar-refractivity contribution is -0.172. The first-order valence-electron chi connectivity index (χ1n) is 10.5. The number of esters is 1. The predicted molar refractivity (Wildman–Crippen MR) is 106 cm³/mol. The fourth-order valence-electron chi connectivity index (χ4n) is 7.29. The maximum absolute atomic E-state index is 12.5. The van der Waals surface area contributed by atoms with Gasteiger partial charge < -0.3 is 19.5 Å². The molecule has 0 aromatic heterocycles. The molecule has 1 spiro atoms. The van der Waals surface area contributed by atoms with E-state index in [2.05, 4.69) is 11.0 Å². The van der Waals surface area contributed by atoms with Gasteiger partial charge in [-0.1, -0.05) is 12.1 Å². The number of piperidine rings is 1. The average molecular weight is 400 g/mol. The van der Waals surface area contributed by atoms with Crippen molar-refractivity contribution in [1.82, 2.24) is 4.90 Å². The largest absolute Gasteiger partial charge is 0.495 e. The third kappa shape index (κ3) is 2.15. The zero-order chi connectivity index (χ0) is 20.4. The number of benzene rings is 1. The number of carbonyl (C=O) groups excluding carboxylic acids is 2. The summed E-state index contributed by atoms with van der Waals surface area (Å²) in [5, 5.41) is 11.2. The number of nitrogens with zero attached hydrogens (tertiary/aromatic N) is 2. The van der Waals surface area contributed by atoms with Crippen LogP contribution in [-0.4, -0.2) is 67.9 Å². The molecule has 1 aliphatic carbocycles. The van der Waals surface area contributed by atoms with Crippen molar-refractivity contribution in [2.45, 2.75) is 55.7 Å². The number of amides is 1. The number of aliphatic hydroxyl groups is 1. The van der Waals surface area contributed by atoms with E-state index < -0.39 is 17.5 Å². The number of methoxy groups -OCH3 is 2. The monoisotopic (exact) mass is 400 g/mol. The van der Waals surface area contributed by atoms with E-state index in [4.69, 9.17) is 9.47 Å². The van der Waals surface area contributed by atoms with Gasteiger partial charge in [0.25, 0.3) is 0 Å². The molecule has 1 saturated carbocycles. The summed E-state index contributed by atoms with van der Waals surface area (Å²) in [6, 6.07) is 5.99. The van der Waals surface area contributed by atoms with Crippen LogP contribution in [0.1, 0.15) is 37.7 Å². The van der Waals surface area contributed by atoms with E-state index >= 15 is 0 Å². The lowest BCUT2D eigenvalue weighted by Gasteiger charge is -2.59. The van der Waals surface area contributed by atoms with Gasteiger partial charge in [0.1, 0.15) is 5.75 Å². The molecule has 5 atom stereocenters. The van der Waals surface area contributed by atoms with E-state index in [-0.39, 0.29) is 17.5 Å². The minimum absolute atomic E-state index is 0.00703. The van der Waals surface area contributed by atoms with E-state index in [0.717, 1.165) is 56.4 Å². The Labute approximate surface area is 170 Å². The molecule has 3 fully saturated rings. The summed E-state index contributed by atoms with van der Waals surface area (Å²) in [6.45, 7) is 1.86. The highest BCUT2D eigenvalue weighted by atomic mass is 16.5. The number of aliphatic hydroxyl groups excluding tert-OH is 1. The van der Waals surface area contributed by atoms with E-state index in [9.17, 15) is 14.7 Å². The summed E-state index contributed by atoms with van der Waals surface area (Å²) in [5.74, 6) is 0.148. The normalized spacial score (nSPS) is 36.0. The van der Waals surface area contributed by atoms with Crippen LogP contribution in [0.5, 0.6) is 5.75 Å². The van der Waals surface area contributed by atoms with Crippen molar-refractivity contribution in [2.75, 3.05) is 32.2 Å². The van der Waals surface area contributed by atoms with Gasteiger partial charge in [-0.25, -0.2) is 4.79 Å². The molecule has 4 aliphatic rings. The highest BCUT2D eigenvalue weighted by molar-refractivity contribution is 5.87. The zero-order valence-corrected chi connectivity index (χ0v) is 17.0. The van der Waals surface area contributed by atoms with Gasteiger partial charge in [0.15, 0.2) is 6.10 Å². The number of rotatable bonds is 4. The van der Waals surface area contributed by atoms with Crippen LogP contribution in [-0.2, 0) is 19.7 Å². The Morgan fingerprint density at radius 1 is 1.28 bits per heavy atom. The van der Waals surface area contributed by atoms with E-state index in [1.807, 2.05) is 17.0 Å². The number of para-hydroxylation sites is 1. The second-order valence-electron chi connectivity index (χ2n) is 8.91. The summed E-state index contributed by atoms with van der Waals surface area (Å²) in [6.07, 6.45) is 3.85. The molecule has 0 radical (unpaired) electrons. The SMILES string of the molecule is COC(=O)C(O)[C@@]12CCCN3CC[C@]4(c5cccc(OC)c5N(C=O)[C@@H]4CC1)[C@H]32. The second-order valence-corrected chi connectivity index (χ2v) is 8.91. The topological polar surface area (TPSA) is 79.3 Å². The lowest BCUT2D eigenvalue weighted by atomic mass is 9.51. The minimum Gasteiger partial charge on any atom is -0.495 e. The fourth-order valence-corrected chi connectivity index (χ4v) is 7.29. The first-order chi connectivity index (χ1) is 14.0. The van der Waals surface area contributed by atoms with E-state index in [0.29, 0.717) is 12.2 Å². The van der Waals surface area contributed by atoms with Crippen LogP contribution in [0.4, 0.5) is 5.69 Å². The quantitative estimate of drug-likeness (QED) is 0.609. The molecule has 1 aromatic rings. The number of ether oxygens (including phenoxy) is 2. The highest BCUT2D eigenvalue weighted by Gasteiger charge is 2.71. The van der Waals surface area contributed by atoms with Gasteiger partial charge in [-0.15, -0.1) is 0 Å². The van der Waals surface area contributed by atoms with Gasteiger partial charge in [-0.05, 0) is 56.8 Å². The maximum Gasteiger partial charge on any atom is 0.335 e. The van der Waals surface area contributed by atoms with Gasteiger partial charge in [0, 0.05) is 22.9 Å². The summed E-state index contributed by atoms with van der Waals surface area (Å²) >= 11 is 0. The van der Waals surface area contributed by atoms with Gasteiger partial charge in [0.05, 0.1) is 19.9 Å². The van der Waals surface area contributed by atoms with Crippen LogP contribution in [0.2, 0.25) is 0 Å². The van der Waals surface area contributed by atoms with E-state index in [1.165, 1.54) is 7.11 Å². The molecular weight excluding hydrogens is 372 g/mol. The lowest BCUT2D eigenvalue weighted by Crippen LogP contribution is -2.68. The Hall–Kier alpha value is -2.12. The zero-order valence-electron chi connectivity index (χ0n) is 17.0. The van der Waals surface area contributed by atoms with Crippen LogP contribution in [0.25, 0.3) is 0 Å². The standard InChI is InChI=1S/C22H28N2O5/c1-28-15-6-3-5-14-17(15)24(13-25)16-7-9-21(18(26)19(27)29-2)8-4-11-23-12-10-22(14,16)20(21)23/h3,5-6,13,16,18,20,26H,4,7-12H2,1-2H3/t16-,18?,20-,21-,22-/m1/s1. The van der Waals surface area contributed by atoms with Crippen LogP contribution in [0, 0.1) is 5.41 Å². The molecule has 156 valence electrons. The Morgan fingerprint density at radius 2 is 2.10 bits per heavy atom. The van der Waals surface area contributed by atoms with Crippen molar-refractivity contribution in [3.63, 3.8) is 0 Å². The van der Waals surface area contributed by atoms with Gasteiger partial charge in [0.2, 0.25) is 6.41 Å². The maximum atomic E-state index is 12.5. The minimum atomic E-state index is -1.16. The Morgan fingerprint density at radius 3 is 2.83 bits per heavy atom. The van der Waals surface area contributed by atoms with Crippen LogP contribution in [0.3, 0.4) is 0 Å². The third-order valence-corrected chi connectivity index (χ3v) is 8.17. The van der Waals surface area contributed by atoms with Gasteiger partial charge in [-0.3, -0.25) is 9.69 Å². The molecule has 7 heteroatoms. The number of hydrogen-bond acceptors (Lipinski definition) is 6. The van der Waals surface area contributed by atoms with Crippen molar-refractivity contribution >= 4 is 18.1 Å². The molecular formula is C22H28N2O5. The molecule has 3 heterocycles. The second kappa shape index (κ2) is 6.44. The summed E-state index contributed by atoms with van der Waals surface area (Å²) in [7, 11) is 2.97. The molecule has 5 rings (SSSR count). The van der Waals surface area contributed by atoms with Crippen molar-refractivity contribution in [1.29, 1.82) is 0 Å². The van der Waals surface area contributed by atoms with E-state index in [1.54, 1.807) is 7.11 Å². The molecule has 29 heavy (non-hydrogen) atoms. The van der Waals surface area contributed by atoms with Crippen molar-refractivity contribution < 1.29 is 24.2 Å². The molecule has 0 bridgehead atoms. The van der Waals surface area contributed by atoms with Crippen LogP contribution >= 0.6 is 0 Å². The van der Waals surface area contributed by atoms with Crippen molar-refractivity contribution in [2.24, 2.45) is 5.41 Å². The van der Waals surface area contributed by atoms with Crippen molar-refractivity contribution in [3.8, 4) is 5.75 Å². The fraction of sp³-hybridized carbons (Fsp3) is 0.636. The number of carbonyl (C=O) groups is 2. The summed E-state index contributed by atoms with van der Waals surface area (Å²) < 4.78 is 10.6. The Kier molecular flexibility index (Phi) is 4.19.